The summed E-state index contributed by atoms with van der Waals surface area (Å²) in [5.41, 5.74) is 8.88. The van der Waals surface area contributed by atoms with Gasteiger partial charge in [-0.2, -0.15) is 5.10 Å². The summed E-state index contributed by atoms with van der Waals surface area (Å²) in [5, 5.41) is 9.04. The summed E-state index contributed by atoms with van der Waals surface area (Å²) in [4.78, 5) is 25.6. The molecule has 8 nitrogen and oxygen atoms in total. The molecule has 2 amide bonds. The lowest BCUT2D eigenvalue weighted by Crippen LogP contribution is -2.55. The van der Waals surface area contributed by atoms with E-state index in [0.29, 0.717) is 22.3 Å². The van der Waals surface area contributed by atoms with Crippen molar-refractivity contribution in [3.8, 4) is 0 Å². The fourth-order valence-corrected chi connectivity index (χ4v) is 6.29. The van der Waals surface area contributed by atoms with Crippen molar-refractivity contribution in [2.24, 2.45) is 17.8 Å². The van der Waals surface area contributed by atoms with Gasteiger partial charge in [0.15, 0.2) is 5.69 Å². The van der Waals surface area contributed by atoms with Crippen LogP contribution in [0.15, 0.2) is 42.5 Å². The number of carbonyl (C=O) groups is 2. The van der Waals surface area contributed by atoms with Crippen LogP contribution in [0, 0.1) is 17.8 Å². The highest BCUT2D eigenvalue weighted by molar-refractivity contribution is 6.31. The van der Waals surface area contributed by atoms with Crippen LogP contribution in [0.3, 0.4) is 0 Å². The summed E-state index contributed by atoms with van der Waals surface area (Å²) in [5.74, 6) is 0.429. The van der Waals surface area contributed by atoms with E-state index in [-0.39, 0.29) is 29.7 Å². The average Bonchev–Trinajstić information content (AvgIpc) is 3.54. The van der Waals surface area contributed by atoms with Crippen LogP contribution < -0.4 is 16.2 Å². The van der Waals surface area contributed by atoms with Crippen LogP contribution in [0.2, 0.25) is 5.02 Å². The minimum absolute atomic E-state index is 0.0135. The monoisotopic (exact) mass is 507 g/mol. The van der Waals surface area contributed by atoms with Gasteiger partial charge in [-0.3, -0.25) is 19.7 Å². The second-order valence-electron chi connectivity index (χ2n) is 10.1. The zero-order valence-corrected chi connectivity index (χ0v) is 20.8. The van der Waals surface area contributed by atoms with Gasteiger partial charge in [0.1, 0.15) is 0 Å². The Morgan fingerprint density at radius 1 is 1.17 bits per heavy atom. The summed E-state index contributed by atoms with van der Waals surface area (Å²) in [6.07, 6.45) is 5.11. The number of amides is 2. The van der Waals surface area contributed by atoms with Crippen LogP contribution in [0.5, 0.6) is 0 Å². The lowest BCUT2D eigenvalue weighted by atomic mass is 9.72. The number of benzene rings is 2. The van der Waals surface area contributed by atoms with Gasteiger partial charge in [0.2, 0.25) is 5.91 Å². The highest BCUT2D eigenvalue weighted by atomic mass is 35.5. The Hall–Kier alpha value is -2.94. The number of carbonyl (C=O) groups excluding carboxylic acids is 2. The first kappa shape index (κ1) is 23.5. The van der Waals surface area contributed by atoms with Crippen LogP contribution in [-0.2, 0) is 16.1 Å². The number of rotatable bonds is 5. The molecule has 36 heavy (non-hydrogen) atoms. The summed E-state index contributed by atoms with van der Waals surface area (Å²) >= 11 is 6.72. The molecule has 2 aromatic carbocycles. The number of nitrogens with zero attached hydrogens (tertiary/aromatic N) is 2. The number of hydrogen-bond donors (Lipinski definition) is 3. The second-order valence-corrected chi connectivity index (χ2v) is 10.5. The maximum absolute atomic E-state index is 13.3. The Balaban J connectivity index is 1.22. The SMILES string of the molecule is O=C(Nc1ccc(C2NNC(=O)C3CCCCC32)c(Cl)c1)c1nn(CC2CCOC2)c2ccccc12. The van der Waals surface area contributed by atoms with E-state index < -0.39 is 0 Å². The normalized spacial score (nSPS) is 26.0. The smallest absolute Gasteiger partial charge is 0.276 e. The fraction of sp³-hybridized carbons (Fsp3) is 0.444. The van der Waals surface area contributed by atoms with Gasteiger partial charge >= 0.3 is 0 Å². The highest BCUT2D eigenvalue weighted by Crippen LogP contribution is 2.42. The third-order valence-electron chi connectivity index (χ3n) is 7.86. The topological polar surface area (TPSA) is 97.3 Å². The maximum Gasteiger partial charge on any atom is 0.276 e. The first-order valence-electron chi connectivity index (χ1n) is 12.8. The Morgan fingerprint density at radius 3 is 2.86 bits per heavy atom. The number of hydrogen-bond acceptors (Lipinski definition) is 5. The van der Waals surface area contributed by atoms with Crippen LogP contribution >= 0.6 is 11.6 Å². The third kappa shape index (κ3) is 4.38. The van der Waals surface area contributed by atoms with Gasteiger partial charge < -0.3 is 10.1 Å². The predicted molar refractivity (Wildman–Crippen MR) is 138 cm³/mol. The molecule has 1 aliphatic carbocycles. The van der Waals surface area contributed by atoms with Crippen molar-refractivity contribution in [3.05, 3.63) is 58.7 Å². The van der Waals surface area contributed by atoms with E-state index in [9.17, 15) is 9.59 Å². The Morgan fingerprint density at radius 2 is 2.03 bits per heavy atom. The molecule has 1 aromatic heterocycles. The molecule has 0 spiro atoms. The van der Waals surface area contributed by atoms with E-state index >= 15 is 0 Å². The quantitative estimate of drug-likeness (QED) is 0.473. The first-order valence-corrected chi connectivity index (χ1v) is 13.2. The molecule has 3 N–H and O–H groups in total. The van der Waals surface area contributed by atoms with Crippen LogP contribution in [0.4, 0.5) is 5.69 Å². The minimum atomic E-state index is -0.271. The van der Waals surface area contributed by atoms with Gasteiger partial charge in [0, 0.05) is 41.1 Å². The largest absolute Gasteiger partial charge is 0.381 e. The molecule has 0 bridgehead atoms. The zero-order valence-electron chi connectivity index (χ0n) is 20.0. The van der Waals surface area contributed by atoms with E-state index in [2.05, 4.69) is 21.3 Å². The molecule has 188 valence electrons. The molecule has 3 aromatic rings. The Labute approximate surface area is 214 Å². The van der Waals surface area contributed by atoms with Crippen molar-refractivity contribution in [2.75, 3.05) is 18.5 Å². The standard InChI is InChI=1S/C27H30ClN5O3/c28-22-13-17(9-10-20(22)24-18-5-1-2-6-19(18)26(34)31-30-24)29-27(35)25-21-7-3-4-8-23(21)33(32-25)14-16-11-12-36-15-16/h3-4,7-10,13,16,18-19,24,30H,1-2,5-6,11-12,14-15H2,(H,29,35)(H,31,34). The number of fused-ring (bicyclic) bond motifs is 2. The molecule has 6 rings (SSSR count). The van der Waals surface area contributed by atoms with Gasteiger partial charge in [-0.25, -0.2) is 5.43 Å². The van der Waals surface area contributed by atoms with Crippen LogP contribution in [-0.4, -0.2) is 34.8 Å². The summed E-state index contributed by atoms with van der Waals surface area (Å²) in [7, 11) is 0. The molecule has 2 aliphatic heterocycles. The van der Waals surface area contributed by atoms with Crippen molar-refractivity contribution in [3.63, 3.8) is 0 Å². The molecule has 4 unspecified atom stereocenters. The van der Waals surface area contributed by atoms with Crippen molar-refractivity contribution < 1.29 is 14.3 Å². The zero-order chi connectivity index (χ0) is 24.6. The van der Waals surface area contributed by atoms with Crippen molar-refractivity contribution >= 4 is 40.0 Å². The number of halogens is 1. The van der Waals surface area contributed by atoms with E-state index in [1.165, 1.54) is 0 Å². The molecule has 3 fully saturated rings. The van der Waals surface area contributed by atoms with Gasteiger partial charge in [0.25, 0.3) is 5.91 Å². The van der Waals surface area contributed by atoms with Gasteiger partial charge in [0.05, 0.1) is 18.2 Å². The predicted octanol–water partition coefficient (Wildman–Crippen LogP) is 4.46. The number of ether oxygens (including phenoxy) is 1. The molecule has 9 heteroatoms. The molecule has 1 saturated carbocycles. The number of aromatic nitrogens is 2. The van der Waals surface area contributed by atoms with Crippen molar-refractivity contribution in [1.82, 2.24) is 20.6 Å². The molecule has 0 radical (unpaired) electrons. The Kier molecular flexibility index (Phi) is 6.41. The third-order valence-corrected chi connectivity index (χ3v) is 8.18. The number of hydrazine groups is 1. The first-order chi connectivity index (χ1) is 17.6. The number of nitrogens with one attached hydrogen (secondary N) is 3. The lowest BCUT2D eigenvalue weighted by molar-refractivity contribution is -0.133. The minimum Gasteiger partial charge on any atom is -0.381 e. The number of para-hydroxylation sites is 1. The van der Waals surface area contributed by atoms with E-state index in [4.69, 9.17) is 16.3 Å². The fourth-order valence-electron chi connectivity index (χ4n) is 5.99. The van der Waals surface area contributed by atoms with Gasteiger partial charge in [-0.1, -0.05) is 48.7 Å². The van der Waals surface area contributed by atoms with Crippen LogP contribution in [0.25, 0.3) is 10.9 Å². The maximum atomic E-state index is 13.3. The highest BCUT2D eigenvalue weighted by Gasteiger charge is 2.41. The van der Waals surface area contributed by atoms with E-state index in [1.807, 2.05) is 41.1 Å². The van der Waals surface area contributed by atoms with Gasteiger partial charge in [-0.15, -0.1) is 0 Å². The Bertz CT molecular complexity index is 1300. The van der Waals surface area contributed by atoms with E-state index in [1.54, 1.807) is 6.07 Å². The van der Waals surface area contributed by atoms with Gasteiger partial charge in [-0.05, 0) is 48.9 Å². The number of anilines is 1. The average molecular weight is 508 g/mol. The van der Waals surface area contributed by atoms with E-state index in [0.717, 1.165) is 68.3 Å². The molecular formula is C27H30ClN5O3. The van der Waals surface area contributed by atoms with Crippen LogP contribution in [0.1, 0.15) is 54.2 Å². The summed E-state index contributed by atoms with van der Waals surface area (Å²) in [6, 6.07) is 13.3. The second kappa shape index (κ2) is 9.84. The molecule has 3 aliphatic rings. The molecule has 4 atom stereocenters. The lowest BCUT2D eigenvalue weighted by Gasteiger charge is -2.41. The van der Waals surface area contributed by atoms with Crippen molar-refractivity contribution in [2.45, 2.75) is 44.7 Å². The molecular weight excluding hydrogens is 478 g/mol. The van der Waals surface area contributed by atoms with Crippen molar-refractivity contribution in [1.29, 1.82) is 0 Å². The molecule has 3 heterocycles. The summed E-state index contributed by atoms with van der Waals surface area (Å²) in [6.45, 7) is 2.22. The summed E-state index contributed by atoms with van der Waals surface area (Å²) < 4.78 is 7.44. The molecule has 2 saturated heterocycles.